The van der Waals surface area contributed by atoms with Crippen molar-refractivity contribution in [1.29, 1.82) is 0 Å². The average molecular weight is 416 g/mol. The van der Waals surface area contributed by atoms with Gasteiger partial charge in [-0.1, -0.05) is 30.3 Å². The Morgan fingerprint density at radius 3 is 2.62 bits per heavy atom. The maximum absolute atomic E-state index is 11.6. The third kappa shape index (κ3) is 8.18. The number of benzene rings is 2. The van der Waals surface area contributed by atoms with Gasteiger partial charge in [-0.2, -0.15) is 5.10 Å². The molecule has 0 spiro atoms. The summed E-state index contributed by atoms with van der Waals surface area (Å²) in [7, 11) is 1.52. The zero-order valence-electron chi connectivity index (χ0n) is 16.7. The second-order valence-electron chi connectivity index (χ2n) is 6.28. The van der Waals surface area contributed by atoms with Gasteiger partial charge in [0.05, 0.1) is 19.4 Å². The van der Waals surface area contributed by atoms with E-state index in [1.54, 1.807) is 38.3 Å². The van der Waals surface area contributed by atoms with E-state index in [0.717, 1.165) is 11.1 Å². The Kier molecular flexibility index (Phi) is 8.91. The van der Waals surface area contributed by atoms with Crippen LogP contribution in [0.1, 0.15) is 25.0 Å². The van der Waals surface area contributed by atoms with Gasteiger partial charge in [-0.15, -0.1) is 0 Å². The van der Waals surface area contributed by atoms with Crippen molar-refractivity contribution in [2.24, 2.45) is 5.10 Å². The van der Waals surface area contributed by atoms with Gasteiger partial charge in [-0.25, -0.2) is 4.79 Å². The first-order chi connectivity index (χ1) is 14.0. The van der Waals surface area contributed by atoms with E-state index in [2.05, 4.69) is 15.8 Å². The van der Waals surface area contributed by atoms with Crippen LogP contribution in [0.2, 0.25) is 0 Å². The van der Waals surface area contributed by atoms with E-state index in [-0.39, 0.29) is 12.7 Å². The number of hydrazone groups is 1. The zero-order valence-corrected chi connectivity index (χ0v) is 17.5. The summed E-state index contributed by atoms with van der Waals surface area (Å²) in [5.74, 6) is 0.489. The number of rotatable bonds is 9. The van der Waals surface area contributed by atoms with Crippen LogP contribution in [0, 0.1) is 0 Å². The van der Waals surface area contributed by atoms with Gasteiger partial charge in [-0.3, -0.25) is 5.43 Å². The Bertz CT molecular complexity index is 841. The minimum absolute atomic E-state index is 0.188. The molecule has 0 aliphatic rings. The summed E-state index contributed by atoms with van der Waals surface area (Å²) in [6.07, 6.45) is 1.42. The van der Waals surface area contributed by atoms with Crippen LogP contribution < -0.4 is 20.2 Å². The van der Waals surface area contributed by atoms with Crippen molar-refractivity contribution in [1.82, 2.24) is 10.7 Å². The van der Waals surface area contributed by atoms with E-state index in [9.17, 15) is 4.79 Å². The summed E-state index contributed by atoms with van der Waals surface area (Å²) < 4.78 is 15.8. The molecule has 0 unspecified atom stereocenters. The van der Waals surface area contributed by atoms with Crippen LogP contribution in [0.25, 0.3) is 0 Å². The Morgan fingerprint density at radius 2 is 1.93 bits per heavy atom. The van der Waals surface area contributed by atoms with Crippen molar-refractivity contribution in [3.05, 3.63) is 59.7 Å². The molecule has 0 heterocycles. The van der Waals surface area contributed by atoms with E-state index in [0.29, 0.717) is 23.2 Å². The first kappa shape index (κ1) is 22.2. The number of methoxy groups -OCH3 is 1. The fourth-order valence-electron chi connectivity index (χ4n) is 2.30. The van der Waals surface area contributed by atoms with Gasteiger partial charge < -0.3 is 19.5 Å². The summed E-state index contributed by atoms with van der Waals surface area (Å²) in [6.45, 7) is 3.99. The molecule has 8 heteroatoms. The molecule has 0 bridgehead atoms. The highest BCUT2D eigenvalue weighted by molar-refractivity contribution is 7.80. The van der Waals surface area contributed by atoms with Gasteiger partial charge in [0, 0.05) is 6.54 Å². The van der Waals surface area contributed by atoms with Crippen molar-refractivity contribution in [3.63, 3.8) is 0 Å². The van der Waals surface area contributed by atoms with Crippen LogP contribution in [-0.4, -0.2) is 37.1 Å². The fraction of sp³-hybridized carbons (Fsp3) is 0.286. The maximum atomic E-state index is 11.6. The average Bonchev–Trinajstić information content (AvgIpc) is 2.71. The zero-order chi connectivity index (χ0) is 21.1. The lowest BCUT2D eigenvalue weighted by Crippen LogP contribution is -2.31. The summed E-state index contributed by atoms with van der Waals surface area (Å²) >= 11 is 5.20. The van der Waals surface area contributed by atoms with Crippen LogP contribution in [0.5, 0.6) is 11.5 Å². The standard InChI is InChI=1S/C21H25N3O4S/c1-15(2)28-20(25)14-27-18-10-9-17(11-19(18)26-3)13-23-24-21(29)22-12-16-7-5-4-6-8-16/h4-11,13,15H,12,14H2,1-3H3,(H2,22,24,29)/b23-13+. The molecule has 154 valence electrons. The topological polar surface area (TPSA) is 81.2 Å². The number of nitrogens with zero attached hydrogens (tertiary/aromatic N) is 1. The van der Waals surface area contributed by atoms with E-state index in [1.807, 2.05) is 30.3 Å². The maximum Gasteiger partial charge on any atom is 0.344 e. The molecule has 0 saturated carbocycles. The molecule has 0 aliphatic carbocycles. The predicted octanol–water partition coefficient (Wildman–Crippen LogP) is 3.02. The Hall–Kier alpha value is -3.13. The molecule has 0 atom stereocenters. The Morgan fingerprint density at radius 1 is 1.17 bits per heavy atom. The van der Waals surface area contributed by atoms with E-state index >= 15 is 0 Å². The summed E-state index contributed by atoms with van der Waals surface area (Å²) in [5, 5.41) is 7.61. The van der Waals surface area contributed by atoms with Crippen molar-refractivity contribution in [2.45, 2.75) is 26.5 Å². The Balaban J connectivity index is 1.85. The molecule has 7 nitrogen and oxygen atoms in total. The summed E-state index contributed by atoms with van der Waals surface area (Å²) in [5.41, 5.74) is 4.67. The monoisotopic (exact) mass is 415 g/mol. The molecule has 0 amide bonds. The molecule has 29 heavy (non-hydrogen) atoms. The molecule has 0 aliphatic heterocycles. The van der Waals surface area contributed by atoms with Gasteiger partial charge >= 0.3 is 5.97 Å². The van der Waals surface area contributed by atoms with Crippen molar-refractivity contribution in [3.8, 4) is 11.5 Å². The lowest BCUT2D eigenvalue weighted by Gasteiger charge is -2.12. The lowest BCUT2D eigenvalue weighted by atomic mass is 10.2. The normalized spacial score (nSPS) is 10.6. The third-order valence-corrected chi connectivity index (χ3v) is 3.81. The first-order valence-electron chi connectivity index (χ1n) is 9.09. The van der Waals surface area contributed by atoms with Gasteiger partial charge in [0.2, 0.25) is 0 Å². The van der Waals surface area contributed by atoms with Gasteiger partial charge in [0.15, 0.2) is 23.2 Å². The fourth-order valence-corrected chi connectivity index (χ4v) is 2.43. The smallest absolute Gasteiger partial charge is 0.344 e. The van der Waals surface area contributed by atoms with Crippen molar-refractivity contribution in [2.75, 3.05) is 13.7 Å². The molecule has 0 fully saturated rings. The number of carbonyl (C=O) groups excluding carboxylic acids is 1. The first-order valence-corrected chi connectivity index (χ1v) is 9.50. The summed E-state index contributed by atoms with van der Waals surface area (Å²) in [4.78, 5) is 11.6. The van der Waals surface area contributed by atoms with Crippen LogP contribution in [-0.2, 0) is 16.1 Å². The highest BCUT2D eigenvalue weighted by Gasteiger charge is 2.10. The number of ether oxygens (including phenoxy) is 3. The largest absolute Gasteiger partial charge is 0.493 e. The quantitative estimate of drug-likeness (QED) is 0.282. The molecule has 0 aromatic heterocycles. The van der Waals surface area contributed by atoms with Crippen LogP contribution in [0.15, 0.2) is 53.6 Å². The van der Waals surface area contributed by atoms with Crippen LogP contribution >= 0.6 is 12.2 Å². The number of carbonyl (C=O) groups is 1. The number of thiocarbonyl (C=S) groups is 1. The lowest BCUT2D eigenvalue weighted by molar-refractivity contribution is -0.149. The molecular formula is C21H25N3O4S. The number of esters is 1. The van der Waals surface area contributed by atoms with Crippen LogP contribution in [0.4, 0.5) is 0 Å². The van der Waals surface area contributed by atoms with Gasteiger partial charge in [0.1, 0.15) is 0 Å². The highest BCUT2D eigenvalue weighted by Crippen LogP contribution is 2.27. The second kappa shape index (κ2) is 11.7. The predicted molar refractivity (Wildman–Crippen MR) is 116 cm³/mol. The minimum atomic E-state index is -0.437. The van der Waals surface area contributed by atoms with E-state index in [1.165, 1.54) is 7.11 Å². The molecular weight excluding hydrogens is 390 g/mol. The van der Waals surface area contributed by atoms with Crippen molar-refractivity contribution < 1.29 is 19.0 Å². The number of hydrogen-bond acceptors (Lipinski definition) is 6. The molecule has 0 saturated heterocycles. The number of hydrogen-bond donors (Lipinski definition) is 2. The van der Waals surface area contributed by atoms with Gasteiger partial charge in [0.25, 0.3) is 0 Å². The van der Waals surface area contributed by atoms with E-state index < -0.39 is 5.97 Å². The second-order valence-corrected chi connectivity index (χ2v) is 6.68. The molecule has 2 aromatic rings. The molecule has 2 N–H and O–H groups in total. The van der Waals surface area contributed by atoms with E-state index in [4.69, 9.17) is 26.4 Å². The van der Waals surface area contributed by atoms with Crippen LogP contribution in [0.3, 0.4) is 0 Å². The summed E-state index contributed by atoms with van der Waals surface area (Å²) in [6, 6.07) is 15.2. The van der Waals surface area contributed by atoms with Gasteiger partial charge in [-0.05, 0) is 55.4 Å². The molecule has 2 rings (SSSR count). The third-order valence-electron chi connectivity index (χ3n) is 3.58. The minimum Gasteiger partial charge on any atom is -0.493 e. The SMILES string of the molecule is COc1cc(/C=N/NC(=S)NCc2ccccc2)ccc1OCC(=O)OC(C)C. The number of nitrogens with one attached hydrogen (secondary N) is 2. The molecule has 2 aromatic carbocycles. The van der Waals surface area contributed by atoms with Crippen molar-refractivity contribution >= 4 is 29.5 Å². The molecule has 0 radical (unpaired) electrons. The Labute approximate surface area is 176 Å². The highest BCUT2D eigenvalue weighted by atomic mass is 32.1.